The van der Waals surface area contributed by atoms with Crippen LogP contribution >= 0.6 is 0 Å². The highest BCUT2D eigenvalue weighted by Crippen LogP contribution is 2.22. The summed E-state index contributed by atoms with van der Waals surface area (Å²) in [6.45, 7) is 15.0. The Morgan fingerprint density at radius 2 is 1.80 bits per heavy atom. The van der Waals surface area contributed by atoms with E-state index in [0.29, 0.717) is 18.4 Å². The Bertz CT molecular complexity index is 360. The lowest BCUT2D eigenvalue weighted by atomic mass is 10.0. The van der Waals surface area contributed by atoms with Crippen molar-refractivity contribution < 1.29 is 0 Å². The van der Waals surface area contributed by atoms with E-state index in [4.69, 9.17) is 5.73 Å². The van der Waals surface area contributed by atoms with Crippen LogP contribution < -0.4 is 5.73 Å². The lowest BCUT2D eigenvalue weighted by Gasteiger charge is -2.33. The van der Waals surface area contributed by atoms with Crippen LogP contribution in [0.1, 0.15) is 52.6 Å². The minimum atomic E-state index is 0.283. The van der Waals surface area contributed by atoms with Gasteiger partial charge in [0.1, 0.15) is 0 Å². The Morgan fingerprint density at radius 1 is 1.20 bits per heavy atom. The number of aromatic nitrogens is 2. The van der Waals surface area contributed by atoms with Crippen LogP contribution in [0, 0.1) is 11.8 Å². The monoisotopic (exact) mass is 280 g/mol. The maximum atomic E-state index is 6.06. The number of hydrogen-bond donors (Lipinski definition) is 1. The number of rotatable bonds is 9. The number of nitrogens with zero attached hydrogens (tertiary/aromatic N) is 3. The van der Waals surface area contributed by atoms with Gasteiger partial charge in [0.25, 0.3) is 0 Å². The van der Waals surface area contributed by atoms with Gasteiger partial charge in [-0.25, -0.2) is 0 Å². The maximum absolute atomic E-state index is 6.06. The fourth-order valence-corrected chi connectivity index (χ4v) is 2.67. The molecule has 1 rings (SSSR count). The van der Waals surface area contributed by atoms with Crippen molar-refractivity contribution in [2.75, 3.05) is 19.6 Å². The molecule has 0 bridgehead atoms. The fourth-order valence-electron chi connectivity index (χ4n) is 2.67. The Kier molecular flexibility index (Phi) is 7.24. The third-order valence-electron chi connectivity index (χ3n) is 3.35. The van der Waals surface area contributed by atoms with Gasteiger partial charge in [0.05, 0.1) is 12.2 Å². The summed E-state index contributed by atoms with van der Waals surface area (Å²) in [6.07, 6.45) is 5.26. The van der Waals surface area contributed by atoms with Crippen LogP contribution in [-0.4, -0.2) is 34.3 Å². The molecule has 4 heteroatoms. The first-order chi connectivity index (χ1) is 9.47. The van der Waals surface area contributed by atoms with Crippen molar-refractivity contribution in [3.05, 3.63) is 18.0 Å². The predicted molar refractivity (Wildman–Crippen MR) is 85.6 cm³/mol. The van der Waals surface area contributed by atoms with Crippen LogP contribution in [0.2, 0.25) is 0 Å². The lowest BCUT2D eigenvalue weighted by Crippen LogP contribution is -2.38. The molecule has 0 aliphatic rings. The van der Waals surface area contributed by atoms with Crippen molar-refractivity contribution in [3.8, 4) is 0 Å². The van der Waals surface area contributed by atoms with Gasteiger partial charge in [-0.3, -0.25) is 9.58 Å². The van der Waals surface area contributed by atoms with E-state index in [0.717, 1.165) is 26.1 Å². The highest BCUT2D eigenvalue weighted by Gasteiger charge is 2.22. The van der Waals surface area contributed by atoms with Crippen molar-refractivity contribution in [3.63, 3.8) is 0 Å². The number of hydrogen-bond acceptors (Lipinski definition) is 3. The SMILES string of the molecule is CCCn1cc(C(CN)N(CC(C)C)CC(C)C)cn1. The van der Waals surface area contributed by atoms with Crippen molar-refractivity contribution in [1.29, 1.82) is 0 Å². The summed E-state index contributed by atoms with van der Waals surface area (Å²) in [7, 11) is 0. The third-order valence-corrected chi connectivity index (χ3v) is 3.35. The van der Waals surface area contributed by atoms with Crippen LogP contribution in [0.3, 0.4) is 0 Å². The Morgan fingerprint density at radius 3 is 2.25 bits per heavy atom. The van der Waals surface area contributed by atoms with E-state index in [2.05, 4.69) is 50.8 Å². The molecule has 0 radical (unpaired) electrons. The quantitative estimate of drug-likeness (QED) is 0.756. The van der Waals surface area contributed by atoms with Gasteiger partial charge in [0.2, 0.25) is 0 Å². The summed E-state index contributed by atoms with van der Waals surface area (Å²) >= 11 is 0. The molecule has 0 aromatic carbocycles. The highest BCUT2D eigenvalue weighted by atomic mass is 15.3. The van der Waals surface area contributed by atoms with Gasteiger partial charge >= 0.3 is 0 Å². The normalized spacial score (nSPS) is 13.7. The second-order valence-corrected chi connectivity index (χ2v) is 6.53. The minimum absolute atomic E-state index is 0.283. The van der Waals surface area contributed by atoms with E-state index in [-0.39, 0.29) is 6.04 Å². The Balaban J connectivity index is 2.86. The van der Waals surface area contributed by atoms with Gasteiger partial charge in [-0.2, -0.15) is 5.10 Å². The van der Waals surface area contributed by atoms with Crippen molar-refractivity contribution in [2.45, 2.75) is 53.6 Å². The van der Waals surface area contributed by atoms with Crippen LogP contribution in [0.15, 0.2) is 12.4 Å². The summed E-state index contributed by atoms with van der Waals surface area (Å²) in [4.78, 5) is 2.52. The molecule has 0 saturated carbocycles. The highest BCUT2D eigenvalue weighted by molar-refractivity contribution is 5.11. The summed E-state index contributed by atoms with van der Waals surface area (Å²) in [5, 5.41) is 4.45. The van der Waals surface area contributed by atoms with Gasteiger partial charge < -0.3 is 5.73 Å². The summed E-state index contributed by atoms with van der Waals surface area (Å²) in [5.41, 5.74) is 7.31. The summed E-state index contributed by atoms with van der Waals surface area (Å²) < 4.78 is 2.03. The molecule has 1 heterocycles. The zero-order valence-electron chi connectivity index (χ0n) is 13.8. The maximum Gasteiger partial charge on any atom is 0.0538 e. The molecule has 116 valence electrons. The average molecular weight is 280 g/mol. The topological polar surface area (TPSA) is 47.1 Å². The van der Waals surface area contributed by atoms with E-state index >= 15 is 0 Å². The van der Waals surface area contributed by atoms with Crippen LogP contribution in [0.5, 0.6) is 0 Å². The zero-order chi connectivity index (χ0) is 15.1. The standard InChI is InChI=1S/C16H32N4/c1-6-7-20-12-15(9-18-20)16(8-17)19(10-13(2)3)11-14(4)5/h9,12-14,16H,6-8,10-11,17H2,1-5H3. The molecule has 4 nitrogen and oxygen atoms in total. The van der Waals surface area contributed by atoms with E-state index in [9.17, 15) is 0 Å². The first-order valence-electron chi connectivity index (χ1n) is 7.94. The molecule has 1 aromatic heterocycles. The molecule has 1 atom stereocenters. The first-order valence-corrected chi connectivity index (χ1v) is 7.94. The second kappa shape index (κ2) is 8.42. The van der Waals surface area contributed by atoms with Crippen LogP contribution in [0.4, 0.5) is 0 Å². The zero-order valence-corrected chi connectivity index (χ0v) is 13.8. The van der Waals surface area contributed by atoms with Crippen molar-refractivity contribution >= 4 is 0 Å². The molecular formula is C16H32N4. The predicted octanol–water partition coefficient (Wildman–Crippen LogP) is 2.91. The van der Waals surface area contributed by atoms with Gasteiger partial charge in [0, 0.05) is 37.9 Å². The smallest absolute Gasteiger partial charge is 0.0538 e. The number of aryl methyl sites for hydroxylation is 1. The summed E-state index contributed by atoms with van der Waals surface area (Å²) in [5.74, 6) is 1.29. The lowest BCUT2D eigenvalue weighted by molar-refractivity contribution is 0.160. The Labute approximate surface area is 124 Å². The molecule has 1 aromatic rings. The first kappa shape index (κ1) is 17.2. The molecule has 0 aliphatic carbocycles. The summed E-state index contributed by atoms with van der Waals surface area (Å²) in [6, 6.07) is 0.283. The van der Waals surface area contributed by atoms with E-state index in [1.165, 1.54) is 5.56 Å². The molecule has 0 aliphatic heterocycles. The van der Waals surface area contributed by atoms with Gasteiger partial charge in [-0.05, 0) is 18.3 Å². The van der Waals surface area contributed by atoms with Gasteiger partial charge in [-0.1, -0.05) is 34.6 Å². The minimum Gasteiger partial charge on any atom is -0.329 e. The molecular weight excluding hydrogens is 248 g/mol. The molecule has 2 N–H and O–H groups in total. The molecule has 0 fully saturated rings. The molecule has 0 amide bonds. The molecule has 0 saturated heterocycles. The third kappa shape index (κ3) is 5.25. The molecule has 1 unspecified atom stereocenters. The van der Waals surface area contributed by atoms with Crippen molar-refractivity contribution in [2.24, 2.45) is 17.6 Å². The van der Waals surface area contributed by atoms with E-state index in [1.807, 2.05) is 10.9 Å². The fraction of sp³-hybridized carbons (Fsp3) is 0.812. The van der Waals surface area contributed by atoms with Crippen molar-refractivity contribution in [1.82, 2.24) is 14.7 Å². The average Bonchev–Trinajstić information content (AvgIpc) is 2.77. The van der Waals surface area contributed by atoms with E-state index in [1.54, 1.807) is 0 Å². The molecule has 0 spiro atoms. The van der Waals surface area contributed by atoms with Gasteiger partial charge in [-0.15, -0.1) is 0 Å². The number of nitrogens with two attached hydrogens (primary N) is 1. The van der Waals surface area contributed by atoms with Gasteiger partial charge in [0.15, 0.2) is 0 Å². The van der Waals surface area contributed by atoms with Crippen LogP contribution in [-0.2, 0) is 6.54 Å². The van der Waals surface area contributed by atoms with E-state index < -0.39 is 0 Å². The second-order valence-electron chi connectivity index (χ2n) is 6.53. The Hall–Kier alpha value is -0.870. The molecule has 20 heavy (non-hydrogen) atoms. The van der Waals surface area contributed by atoms with Crippen LogP contribution in [0.25, 0.3) is 0 Å². The largest absolute Gasteiger partial charge is 0.329 e.